The smallest absolute Gasteiger partial charge is 0.271 e. The molecule has 0 radical (unpaired) electrons. The van der Waals surface area contributed by atoms with Gasteiger partial charge in [0.15, 0.2) is 0 Å². The Morgan fingerprint density at radius 1 is 1.36 bits per heavy atom. The van der Waals surface area contributed by atoms with Gasteiger partial charge in [-0.3, -0.25) is 10.1 Å². The van der Waals surface area contributed by atoms with Crippen molar-refractivity contribution in [3.05, 3.63) is 33.3 Å². The summed E-state index contributed by atoms with van der Waals surface area (Å²) in [6.07, 6.45) is -5.06. The van der Waals surface area contributed by atoms with E-state index in [9.17, 15) is 25.4 Å². The number of aliphatic hydroxyl groups excluding tert-OH is 3. The first kappa shape index (κ1) is 16.9. The van der Waals surface area contributed by atoms with Crippen LogP contribution in [0.4, 0.5) is 5.69 Å². The molecule has 0 aromatic heterocycles. The first-order valence-electron chi connectivity index (χ1n) is 6.50. The number of nitro benzene ring substituents is 1. The summed E-state index contributed by atoms with van der Waals surface area (Å²) < 4.78 is 10.9. The van der Waals surface area contributed by atoms with Gasteiger partial charge in [-0.2, -0.15) is 0 Å². The predicted octanol–water partition coefficient (Wildman–Crippen LogP) is 0.845. The molecule has 0 aliphatic carbocycles. The topological polar surface area (TPSA) is 122 Å². The van der Waals surface area contributed by atoms with Crippen molar-refractivity contribution in [3.8, 4) is 5.75 Å². The monoisotopic (exact) mass is 333 g/mol. The third-order valence-electron chi connectivity index (χ3n) is 3.55. The van der Waals surface area contributed by atoms with Crippen LogP contribution in [0.15, 0.2) is 18.2 Å². The predicted molar refractivity (Wildman–Crippen MR) is 75.7 cm³/mol. The van der Waals surface area contributed by atoms with E-state index in [1.165, 1.54) is 26.0 Å². The fraction of sp³-hybridized carbons (Fsp3) is 0.538. The minimum Gasteiger partial charge on any atom is -0.458 e. The Morgan fingerprint density at radius 2 is 2.00 bits per heavy atom. The molecule has 0 bridgehead atoms. The number of hydrogen-bond donors (Lipinski definition) is 3. The molecular weight excluding hydrogens is 318 g/mol. The molecule has 1 aromatic carbocycles. The van der Waals surface area contributed by atoms with Crippen LogP contribution in [0.25, 0.3) is 0 Å². The molecule has 1 aromatic rings. The second-order valence-electron chi connectivity index (χ2n) is 5.24. The number of hydrogen-bond acceptors (Lipinski definition) is 7. The van der Waals surface area contributed by atoms with Gasteiger partial charge in [0.05, 0.1) is 16.0 Å². The van der Waals surface area contributed by atoms with Crippen molar-refractivity contribution in [2.45, 2.75) is 44.1 Å². The second-order valence-corrected chi connectivity index (χ2v) is 5.65. The molecule has 22 heavy (non-hydrogen) atoms. The molecule has 2 rings (SSSR count). The lowest BCUT2D eigenvalue weighted by Crippen LogP contribution is -2.64. The van der Waals surface area contributed by atoms with E-state index in [0.717, 1.165) is 6.07 Å². The van der Waals surface area contributed by atoms with Crippen molar-refractivity contribution in [1.29, 1.82) is 0 Å². The molecule has 9 heteroatoms. The van der Waals surface area contributed by atoms with Gasteiger partial charge in [0.2, 0.25) is 5.79 Å². The van der Waals surface area contributed by atoms with E-state index >= 15 is 0 Å². The van der Waals surface area contributed by atoms with E-state index in [4.69, 9.17) is 21.1 Å². The van der Waals surface area contributed by atoms with Crippen LogP contribution in [0.5, 0.6) is 5.75 Å². The molecule has 122 valence electrons. The standard InChI is InChI=1S/C13H16ClNO7/c1-6-10(16)11(17)12(18)13(2,21-6)22-9-4-3-7(15(19)20)5-8(9)14/h3-6,10-12,16-18H,1-2H3/t6-,10+,11-,12-,13-/m0/s1. The SMILES string of the molecule is C[C@@H]1O[C@@](C)(Oc2ccc([N+](=O)[O-])cc2Cl)[C@@H](O)[C@@H](O)[C@@H]1O. The normalized spacial score (nSPS) is 35.2. The molecule has 8 nitrogen and oxygen atoms in total. The maximum Gasteiger partial charge on any atom is 0.271 e. The summed E-state index contributed by atoms with van der Waals surface area (Å²) in [4.78, 5) is 10.1. The summed E-state index contributed by atoms with van der Waals surface area (Å²) in [5.41, 5.74) is -0.212. The Kier molecular flexibility index (Phi) is 4.59. The van der Waals surface area contributed by atoms with E-state index in [-0.39, 0.29) is 16.5 Å². The second kappa shape index (κ2) is 5.98. The third-order valence-corrected chi connectivity index (χ3v) is 3.85. The first-order valence-corrected chi connectivity index (χ1v) is 6.88. The maximum atomic E-state index is 10.7. The number of benzene rings is 1. The largest absolute Gasteiger partial charge is 0.458 e. The van der Waals surface area contributed by atoms with Gasteiger partial charge in [-0.25, -0.2) is 0 Å². The van der Waals surface area contributed by atoms with Crippen LogP contribution in [0.2, 0.25) is 5.02 Å². The van der Waals surface area contributed by atoms with E-state index < -0.39 is 35.1 Å². The number of rotatable bonds is 3. The molecule has 1 fully saturated rings. The summed E-state index contributed by atoms with van der Waals surface area (Å²) in [6.45, 7) is 2.89. The molecule has 1 heterocycles. The number of nitrogens with zero attached hydrogens (tertiary/aromatic N) is 1. The molecular formula is C13H16ClNO7. The van der Waals surface area contributed by atoms with Crippen LogP contribution in [-0.2, 0) is 4.74 Å². The lowest BCUT2D eigenvalue weighted by Gasteiger charge is -2.45. The highest BCUT2D eigenvalue weighted by Gasteiger charge is 2.51. The Hall–Kier alpha value is -1.45. The highest BCUT2D eigenvalue weighted by atomic mass is 35.5. The zero-order chi connectivity index (χ0) is 16.7. The minimum atomic E-state index is -1.67. The highest BCUT2D eigenvalue weighted by Crippen LogP contribution is 2.36. The fourth-order valence-corrected chi connectivity index (χ4v) is 2.49. The molecule has 1 saturated heterocycles. The maximum absolute atomic E-state index is 10.7. The van der Waals surface area contributed by atoms with Gasteiger partial charge in [-0.1, -0.05) is 11.6 Å². The Morgan fingerprint density at radius 3 is 2.55 bits per heavy atom. The quantitative estimate of drug-likeness (QED) is 0.553. The average Bonchev–Trinajstić information content (AvgIpc) is 2.45. The molecule has 0 amide bonds. The molecule has 0 saturated carbocycles. The van der Waals surface area contributed by atoms with Gasteiger partial charge in [-0.15, -0.1) is 0 Å². The molecule has 1 aliphatic heterocycles. The van der Waals surface area contributed by atoms with E-state index in [2.05, 4.69) is 0 Å². The summed E-state index contributed by atoms with van der Waals surface area (Å²) in [5, 5.41) is 40.2. The number of aliphatic hydroxyl groups is 3. The zero-order valence-corrected chi connectivity index (χ0v) is 12.6. The van der Waals surface area contributed by atoms with Gasteiger partial charge < -0.3 is 24.8 Å². The molecule has 3 N–H and O–H groups in total. The van der Waals surface area contributed by atoms with Crippen molar-refractivity contribution in [1.82, 2.24) is 0 Å². The van der Waals surface area contributed by atoms with Gasteiger partial charge in [-0.05, 0) is 13.0 Å². The highest BCUT2D eigenvalue weighted by molar-refractivity contribution is 6.32. The third kappa shape index (κ3) is 3.01. The lowest BCUT2D eigenvalue weighted by atomic mass is 9.94. The first-order chi connectivity index (χ1) is 10.2. The van der Waals surface area contributed by atoms with E-state index in [1.807, 2.05) is 0 Å². The van der Waals surface area contributed by atoms with Crippen LogP contribution in [0.1, 0.15) is 13.8 Å². The van der Waals surface area contributed by atoms with Crippen molar-refractivity contribution in [2.75, 3.05) is 0 Å². The minimum absolute atomic E-state index is 0.0421. The Labute approximate surface area is 131 Å². The van der Waals surface area contributed by atoms with Crippen molar-refractivity contribution in [3.63, 3.8) is 0 Å². The number of halogens is 1. The number of ether oxygens (including phenoxy) is 2. The molecule has 0 spiro atoms. The van der Waals surface area contributed by atoms with Gasteiger partial charge in [0, 0.05) is 19.1 Å². The summed E-state index contributed by atoms with van der Waals surface area (Å²) >= 11 is 5.93. The Balaban J connectivity index is 2.27. The van der Waals surface area contributed by atoms with Crippen LogP contribution in [-0.4, -0.2) is 50.4 Å². The van der Waals surface area contributed by atoms with Crippen LogP contribution in [0.3, 0.4) is 0 Å². The van der Waals surface area contributed by atoms with Crippen LogP contribution in [0, 0.1) is 10.1 Å². The van der Waals surface area contributed by atoms with E-state index in [0.29, 0.717) is 0 Å². The summed E-state index contributed by atoms with van der Waals surface area (Å²) in [7, 11) is 0. The van der Waals surface area contributed by atoms with Crippen molar-refractivity contribution >= 4 is 17.3 Å². The van der Waals surface area contributed by atoms with Crippen LogP contribution < -0.4 is 4.74 Å². The van der Waals surface area contributed by atoms with Crippen molar-refractivity contribution < 1.29 is 29.7 Å². The molecule has 0 unspecified atom stereocenters. The van der Waals surface area contributed by atoms with Gasteiger partial charge in [0.1, 0.15) is 24.1 Å². The summed E-state index contributed by atoms with van der Waals surface area (Å²) in [6, 6.07) is 3.56. The van der Waals surface area contributed by atoms with Crippen molar-refractivity contribution in [2.24, 2.45) is 0 Å². The van der Waals surface area contributed by atoms with Crippen LogP contribution >= 0.6 is 11.6 Å². The number of nitro groups is 1. The lowest BCUT2D eigenvalue weighted by molar-refractivity contribution is -0.384. The summed E-state index contributed by atoms with van der Waals surface area (Å²) in [5.74, 6) is -1.62. The Bertz CT molecular complexity index is 584. The van der Waals surface area contributed by atoms with E-state index in [1.54, 1.807) is 0 Å². The van der Waals surface area contributed by atoms with Gasteiger partial charge in [0.25, 0.3) is 5.69 Å². The fourth-order valence-electron chi connectivity index (χ4n) is 2.27. The zero-order valence-electron chi connectivity index (χ0n) is 11.8. The average molecular weight is 334 g/mol. The molecule has 5 atom stereocenters. The number of non-ortho nitro benzene ring substituents is 1. The molecule has 1 aliphatic rings. The van der Waals surface area contributed by atoms with Gasteiger partial charge >= 0.3 is 0 Å².